The molecule has 1 heterocycles. The number of benzene rings is 3. The monoisotopic (exact) mass is 500 g/mol. The van der Waals surface area contributed by atoms with Crippen LogP contribution in [-0.2, 0) is 11.3 Å². The maximum Gasteiger partial charge on any atom is 0.268 e. The summed E-state index contributed by atoms with van der Waals surface area (Å²) in [6.07, 6.45) is 1.53. The second-order valence-corrected chi connectivity index (χ2v) is 8.17. The Hall–Kier alpha value is -3.90. The summed E-state index contributed by atoms with van der Waals surface area (Å²) in [4.78, 5) is 25.7. The number of amides is 2. The third-order valence-corrected chi connectivity index (χ3v) is 5.40. The van der Waals surface area contributed by atoms with Crippen LogP contribution in [0.3, 0.4) is 0 Å². The molecule has 0 saturated carbocycles. The van der Waals surface area contributed by atoms with Crippen LogP contribution in [0.15, 0.2) is 112 Å². The Labute approximate surface area is 200 Å². The number of nitrogens with one attached hydrogen (secondary N) is 2. The van der Waals surface area contributed by atoms with Crippen LogP contribution in [0.5, 0.6) is 0 Å². The number of rotatable bonds is 7. The molecule has 2 N–H and O–H groups in total. The predicted molar refractivity (Wildman–Crippen MR) is 132 cm³/mol. The molecule has 0 aliphatic carbocycles. The van der Waals surface area contributed by atoms with E-state index in [-0.39, 0.29) is 11.6 Å². The van der Waals surface area contributed by atoms with E-state index in [9.17, 15) is 9.59 Å². The fraction of sp³-hybridized carbons (Fsp3) is 0.0370. The molecule has 33 heavy (non-hydrogen) atoms. The van der Waals surface area contributed by atoms with Crippen molar-refractivity contribution in [2.75, 3.05) is 0 Å². The lowest BCUT2D eigenvalue weighted by Gasteiger charge is -2.11. The molecule has 3 aromatic carbocycles. The zero-order valence-electron chi connectivity index (χ0n) is 17.6. The zero-order chi connectivity index (χ0) is 23.0. The molecule has 0 aliphatic rings. The van der Waals surface area contributed by atoms with E-state index in [2.05, 4.69) is 26.6 Å². The number of hydrogen-bond donors (Lipinski definition) is 2. The second-order valence-electron chi connectivity index (χ2n) is 7.26. The Morgan fingerprint density at radius 1 is 0.818 bits per heavy atom. The van der Waals surface area contributed by atoms with Gasteiger partial charge >= 0.3 is 0 Å². The van der Waals surface area contributed by atoms with Gasteiger partial charge in [0.05, 0.1) is 0 Å². The summed E-state index contributed by atoms with van der Waals surface area (Å²) in [6.45, 7) is 0.334. The van der Waals surface area contributed by atoms with E-state index in [1.54, 1.807) is 30.3 Å². The SMILES string of the molecule is O=C(NCc1ccccc1)/C(=C\c1ccc(-c2ccc(Br)cc2)o1)NC(=O)c1ccccc1. The molecule has 0 atom stereocenters. The number of carbonyl (C=O) groups excluding carboxylic acids is 2. The van der Waals surface area contributed by atoms with Gasteiger partial charge in [-0.25, -0.2) is 0 Å². The first-order valence-corrected chi connectivity index (χ1v) is 11.1. The van der Waals surface area contributed by atoms with Crippen LogP contribution in [0.2, 0.25) is 0 Å². The molecule has 0 spiro atoms. The molecule has 0 unspecified atom stereocenters. The van der Waals surface area contributed by atoms with Crippen LogP contribution in [0.1, 0.15) is 21.7 Å². The van der Waals surface area contributed by atoms with E-state index in [0.717, 1.165) is 15.6 Å². The normalized spacial score (nSPS) is 11.1. The Kier molecular flexibility index (Phi) is 7.17. The van der Waals surface area contributed by atoms with Gasteiger partial charge in [0.25, 0.3) is 11.8 Å². The van der Waals surface area contributed by atoms with E-state index in [0.29, 0.717) is 23.6 Å². The maximum absolute atomic E-state index is 13.0. The molecule has 4 rings (SSSR count). The van der Waals surface area contributed by atoms with Gasteiger partial charge in [0.1, 0.15) is 17.2 Å². The Bertz CT molecular complexity index is 1260. The molecule has 4 aromatic rings. The highest BCUT2D eigenvalue weighted by molar-refractivity contribution is 9.10. The van der Waals surface area contributed by atoms with E-state index in [1.807, 2.05) is 66.7 Å². The van der Waals surface area contributed by atoms with Crippen molar-refractivity contribution >= 4 is 33.8 Å². The lowest BCUT2D eigenvalue weighted by Crippen LogP contribution is -2.34. The fourth-order valence-corrected chi connectivity index (χ4v) is 3.42. The molecule has 0 bridgehead atoms. The van der Waals surface area contributed by atoms with Crippen molar-refractivity contribution in [3.8, 4) is 11.3 Å². The third kappa shape index (κ3) is 6.08. The predicted octanol–water partition coefficient (Wildman–Crippen LogP) is 5.80. The summed E-state index contributed by atoms with van der Waals surface area (Å²) in [5.74, 6) is 0.319. The molecule has 0 saturated heterocycles. The minimum absolute atomic E-state index is 0.0940. The van der Waals surface area contributed by atoms with Crippen molar-refractivity contribution in [1.29, 1.82) is 0 Å². The van der Waals surface area contributed by atoms with Gasteiger partial charge in [-0.3, -0.25) is 9.59 Å². The van der Waals surface area contributed by atoms with E-state index in [4.69, 9.17) is 4.42 Å². The minimum Gasteiger partial charge on any atom is -0.457 e. The molecule has 0 radical (unpaired) electrons. The smallest absolute Gasteiger partial charge is 0.268 e. The van der Waals surface area contributed by atoms with Gasteiger partial charge in [-0.05, 0) is 42.0 Å². The van der Waals surface area contributed by atoms with Gasteiger partial charge in [-0.2, -0.15) is 0 Å². The molecular weight excluding hydrogens is 480 g/mol. The van der Waals surface area contributed by atoms with Crippen LogP contribution in [0.4, 0.5) is 0 Å². The van der Waals surface area contributed by atoms with E-state index < -0.39 is 5.91 Å². The highest BCUT2D eigenvalue weighted by Gasteiger charge is 2.16. The van der Waals surface area contributed by atoms with Crippen molar-refractivity contribution in [1.82, 2.24) is 10.6 Å². The summed E-state index contributed by atoms with van der Waals surface area (Å²) in [5.41, 5.74) is 2.40. The highest BCUT2D eigenvalue weighted by atomic mass is 79.9. The molecular formula is C27H21BrN2O3. The maximum atomic E-state index is 13.0. The van der Waals surface area contributed by atoms with Gasteiger partial charge in [-0.1, -0.05) is 76.6 Å². The second kappa shape index (κ2) is 10.6. The quantitative estimate of drug-likeness (QED) is 0.315. The lowest BCUT2D eigenvalue weighted by molar-refractivity contribution is -0.117. The van der Waals surface area contributed by atoms with Crippen molar-refractivity contribution in [3.63, 3.8) is 0 Å². The van der Waals surface area contributed by atoms with Gasteiger partial charge in [0.2, 0.25) is 0 Å². The van der Waals surface area contributed by atoms with Crippen LogP contribution in [0, 0.1) is 0 Å². The van der Waals surface area contributed by atoms with E-state index >= 15 is 0 Å². The number of hydrogen-bond acceptors (Lipinski definition) is 3. The average molecular weight is 501 g/mol. The first-order chi connectivity index (χ1) is 16.1. The fourth-order valence-electron chi connectivity index (χ4n) is 3.16. The standard InChI is InChI=1S/C27H21BrN2O3/c28-22-13-11-20(12-14-22)25-16-15-23(33-25)17-24(30-26(31)21-9-5-2-6-10-21)27(32)29-18-19-7-3-1-4-8-19/h1-17H,18H2,(H,29,32)(H,30,31)/b24-17+. The molecule has 2 amide bonds. The molecule has 164 valence electrons. The number of halogens is 1. The molecule has 0 aliphatic heterocycles. The van der Waals surface area contributed by atoms with Gasteiger partial charge in [0.15, 0.2) is 0 Å². The molecule has 1 aromatic heterocycles. The third-order valence-electron chi connectivity index (χ3n) is 4.87. The Morgan fingerprint density at radius 3 is 2.18 bits per heavy atom. The van der Waals surface area contributed by atoms with Crippen LogP contribution < -0.4 is 10.6 Å². The summed E-state index contributed by atoms with van der Waals surface area (Å²) >= 11 is 3.42. The van der Waals surface area contributed by atoms with Gasteiger partial charge in [-0.15, -0.1) is 0 Å². The van der Waals surface area contributed by atoms with Crippen molar-refractivity contribution in [3.05, 3.63) is 124 Å². The van der Waals surface area contributed by atoms with Gasteiger partial charge < -0.3 is 15.1 Å². The van der Waals surface area contributed by atoms with Gasteiger partial charge in [0, 0.05) is 28.2 Å². The van der Waals surface area contributed by atoms with Crippen molar-refractivity contribution in [2.45, 2.75) is 6.54 Å². The van der Waals surface area contributed by atoms with Crippen LogP contribution in [0.25, 0.3) is 17.4 Å². The lowest BCUT2D eigenvalue weighted by atomic mass is 10.2. The first-order valence-electron chi connectivity index (χ1n) is 10.3. The minimum atomic E-state index is -0.412. The zero-order valence-corrected chi connectivity index (χ0v) is 19.2. The molecule has 0 fully saturated rings. The average Bonchev–Trinajstić information content (AvgIpc) is 3.32. The largest absolute Gasteiger partial charge is 0.457 e. The molecule has 6 heteroatoms. The topological polar surface area (TPSA) is 71.3 Å². The summed E-state index contributed by atoms with van der Waals surface area (Å²) in [5, 5.41) is 5.57. The highest BCUT2D eigenvalue weighted by Crippen LogP contribution is 2.25. The summed E-state index contributed by atoms with van der Waals surface area (Å²) in [6, 6.07) is 29.6. The Morgan fingerprint density at radius 2 is 1.48 bits per heavy atom. The number of carbonyl (C=O) groups is 2. The summed E-state index contributed by atoms with van der Waals surface area (Å²) < 4.78 is 6.89. The number of furan rings is 1. The van der Waals surface area contributed by atoms with Crippen LogP contribution >= 0.6 is 15.9 Å². The van der Waals surface area contributed by atoms with Crippen LogP contribution in [-0.4, -0.2) is 11.8 Å². The summed E-state index contributed by atoms with van der Waals surface area (Å²) in [7, 11) is 0. The van der Waals surface area contributed by atoms with Crippen molar-refractivity contribution < 1.29 is 14.0 Å². The first kappa shape index (κ1) is 22.3. The van der Waals surface area contributed by atoms with E-state index in [1.165, 1.54) is 6.08 Å². The molecule has 5 nitrogen and oxygen atoms in total. The Balaban J connectivity index is 1.57. The van der Waals surface area contributed by atoms with Crippen molar-refractivity contribution in [2.24, 2.45) is 0 Å².